The Hall–Kier alpha value is -3.61. The number of nitrogens with zero attached hydrogens (tertiary/aromatic N) is 2. The number of hydrogen-bond acceptors (Lipinski definition) is 3. The first-order valence-electron chi connectivity index (χ1n) is 9.44. The third-order valence-electron chi connectivity index (χ3n) is 4.87. The average Bonchev–Trinajstić information content (AvgIpc) is 2.96. The lowest BCUT2D eigenvalue weighted by atomic mass is 10.1. The normalized spacial score (nSPS) is 11.7. The van der Waals surface area contributed by atoms with Crippen LogP contribution in [-0.4, -0.2) is 27.2 Å². The lowest BCUT2D eigenvalue weighted by Gasteiger charge is -2.16. The third-order valence-corrected chi connectivity index (χ3v) is 4.87. The smallest absolute Gasteiger partial charge is 0.295 e. The van der Waals surface area contributed by atoms with Crippen molar-refractivity contribution in [1.29, 1.82) is 0 Å². The lowest BCUT2D eigenvalue weighted by molar-refractivity contribution is -0.118. The van der Waals surface area contributed by atoms with Crippen molar-refractivity contribution < 1.29 is 9.59 Å². The van der Waals surface area contributed by atoms with E-state index < -0.39 is 11.9 Å². The molecule has 7 heteroatoms. The molecule has 1 atom stereocenters. The molecule has 0 radical (unpaired) electrons. The van der Waals surface area contributed by atoms with Gasteiger partial charge in [0.2, 0.25) is 5.91 Å². The van der Waals surface area contributed by atoms with Crippen LogP contribution in [0.1, 0.15) is 29.4 Å². The Labute approximate surface area is 169 Å². The van der Waals surface area contributed by atoms with Crippen molar-refractivity contribution in [2.75, 3.05) is 5.32 Å². The van der Waals surface area contributed by atoms with Crippen LogP contribution >= 0.6 is 0 Å². The number of anilines is 1. The number of para-hydroxylation sites is 1. The molecular formula is C22H24N4O3. The fraction of sp³-hybridized carbons (Fsp3) is 0.227. The molecule has 0 spiro atoms. The van der Waals surface area contributed by atoms with Crippen LogP contribution < -0.4 is 16.2 Å². The highest BCUT2D eigenvalue weighted by atomic mass is 16.2. The minimum atomic E-state index is -0.758. The Balaban J connectivity index is 1.83. The highest BCUT2D eigenvalue weighted by Gasteiger charge is 2.24. The largest absolute Gasteiger partial charge is 0.340 e. The number of amides is 2. The number of rotatable bonds is 6. The SMILES string of the molecule is CCC(NC(=O)c1ccccc1)C(=O)Nc1c(C)n(C)n(-c2ccccc2)c1=O. The van der Waals surface area contributed by atoms with E-state index in [4.69, 9.17) is 0 Å². The predicted octanol–water partition coefficient (Wildman–Crippen LogP) is 2.63. The van der Waals surface area contributed by atoms with Crippen molar-refractivity contribution in [2.45, 2.75) is 26.3 Å². The van der Waals surface area contributed by atoms with E-state index in [0.29, 0.717) is 23.4 Å². The summed E-state index contributed by atoms with van der Waals surface area (Å²) in [5.41, 5.74) is 1.67. The van der Waals surface area contributed by atoms with Crippen LogP contribution in [0.2, 0.25) is 0 Å². The fourth-order valence-electron chi connectivity index (χ4n) is 3.11. The molecule has 150 valence electrons. The summed E-state index contributed by atoms with van der Waals surface area (Å²) in [6.45, 7) is 3.57. The highest BCUT2D eigenvalue weighted by Crippen LogP contribution is 2.14. The molecule has 3 aromatic rings. The van der Waals surface area contributed by atoms with Crippen molar-refractivity contribution >= 4 is 17.5 Å². The summed E-state index contributed by atoms with van der Waals surface area (Å²) in [6, 6.07) is 17.1. The Morgan fingerprint density at radius 3 is 2.17 bits per heavy atom. The van der Waals surface area contributed by atoms with Crippen LogP contribution in [0.25, 0.3) is 5.69 Å². The molecule has 0 aliphatic rings. The van der Waals surface area contributed by atoms with Gasteiger partial charge in [0, 0.05) is 12.6 Å². The van der Waals surface area contributed by atoms with E-state index >= 15 is 0 Å². The van der Waals surface area contributed by atoms with E-state index in [-0.39, 0.29) is 17.2 Å². The monoisotopic (exact) mass is 392 g/mol. The van der Waals surface area contributed by atoms with Crippen LogP contribution in [-0.2, 0) is 11.8 Å². The summed E-state index contributed by atoms with van der Waals surface area (Å²) in [5.74, 6) is -0.762. The first kappa shape index (κ1) is 20.1. The Bertz CT molecular complexity index is 1070. The number of aromatic nitrogens is 2. The first-order chi connectivity index (χ1) is 13.9. The second kappa shape index (κ2) is 8.60. The maximum Gasteiger partial charge on any atom is 0.295 e. The molecule has 1 unspecified atom stereocenters. The van der Waals surface area contributed by atoms with Crippen molar-refractivity contribution in [3.05, 3.63) is 82.3 Å². The molecule has 0 saturated heterocycles. The molecule has 1 aromatic heterocycles. The van der Waals surface area contributed by atoms with Gasteiger partial charge in [0.25, 0.3) is 11.5 Å². The fourth-order valence-corrected chi connectivity index (χ4v) is 3.11. The second-order valence-electron chi connectivity index (χ2n) is 6.73. The van der Waals surface area contributed by atoms with Crippen LogP contribution in [0.5, 0.6) is 0 Å². The second-order valence-corrected chi connectivity index (χ2v) is 6.73. The first-order valence-corrected chi connectivity index (χ1v) is 9.44. The van der Waals surface area contributed by atoms with Gasteiger partial charge in [0.1, 0.15) is 11.7 Å². The van der Waals surface area contributed by atoms with Gasteiger partial charge < -0.3 is 10.6 Å². The molecule has 29 heavy (non-hydrogen) atoms. The summed E-state index contributed by atoms with van der Waals surface area (Å²) >= 11 is 0. The van der Waals surface area contributed by atoms with Crippen molar-refractivity contribution in [3.8, 4) is 5.69 Å². The lowest BCUT2D eigenvalue weighted by Crippen LogP contribution is -2.44. The Kier molecular flexibility index (Phi) is 5.97. The predicted molar refractivity (Wildman–Crippen MR) is 112 cm³/mol. The number of carbonyl (C=O) groups is 2. The molecule has 0 aliphatic carbocycles. The summed E-state index contributed by atoms with van der Waals surface area (Å²) in [6.07, 6.45) is 0.392. The molecule has 0 aliphatic heterocycles. The van der Waals surface area contributed by atoms with E-state index in [1.165, 1.54) is 4.68 Å². The molecule has 3 rings (SSSR count). The quantitative estimate of drug-likeness (QED) is 0.676. The average molecular weight is 392 g/mol. The van der Waals surface area contributed by atoms with Gasteiger partial charge in [-0.3, -0.25) is 19.1 Å². The zero-order valence-corrected chi connectivity index (χ0v) is 16.7. The molecule has 2 amide bonds. The van der Waals surface area contributed by atoms with Gasteiger partial charge in [-0.1, -0.05) is 43.3 Å². The third kappa shape index (κ3) is 4.13. The van der Waals surface area contributed by atoms with Crippen LogP contribution in [0, 0.1) is 6.92 Å². The maximum absolute atomic E-state index is 12.9. The number of carbonyl (C=O) groups excluding carboxylic acids is 2. The van der Waals surface area contributed by atoms with E-state index in [1.807, 2.05) is 36.4 Å². The standard InChI is InChI=1S/C22H24N4O3/c1-4-18(23-20(27)16-11-7-5-8-12-16)21(28)24-19-15(2)25(3)26(22(19)29)17-13-9-6-10-14-17/h5-14,18H,4H2,1-3H3,(H,23,27)(H,24,28). The topological polar surface area (TPSA) is 85.1 Å². The van der Waals surface area contributed by atoms with Crippen LogP contribution in [0.15, 0.2) is 65.5 Å². The van der Waals surface area contributed by atoms with Gasteiger partial charge in [-0.15, -0.1) is 0 Å². The zero-order chi connectivity index (χ0) is 21.0. The molecule has 0 saturated carbocycles. The van der Waals surface area contributed by atoms with Gasteiger partial charge in [-0.2, -0.15) is 0 Å². The van der Waals surface area contributed by atoms with E-state index in [1.54, 1.807) is 49.8 Å². The minimum absolute atomic E-state index is 0.203. The van der Waals surface area contributed by atoms with Gasteiger partial charge in [0.15, 0.2) is 0 Å². The zero-order valence-electron chi connectivity index (χ0n) is 16.7. The van der Waals surface area contributed by atoms with E-state index in [0.717, 1.165) is 0 Å². The van der Waals surface area contributed by atoms with Crippen molar-refractivity contribution in [2.24, 2.45) is 7.05 Å². The molecule has 1 heterocycles. The molecule has 7 nitrogen and oxygen atoms in total. The van der Waals surface area contributed by atoms with Crippen LogP contribution in [0.4, 0.5) is 5.69 Å². The number of nitrogens with one attached hydrogen (secondary N) is 2. The summed E-state index contributed by atoms with van der Waals surface area (Å²) in [5, 5.41) is 5.44. The summed E-state index contributed by atoms with van der Waals surface area (Å²) in [7, 11) is 1.76. The summed E-state index contributed by atoms with van der Waals surface area (Å²) < 4.78 is 3.19. The maximum atomic E-state index is 12.9. The van der Waals surface area contributed by atoms with Gasteiger partial charge in [-0.25, -0.2) is 4.68 Å². The Morgan fingerprint density at radius 1 is 1.00 bits per heavy atom. The number of benzene rings is 2. The van der Waals surface area contributed by atoms with Crippen LogP contribution in [0.3, 0.4) is 0 Å². The van der Waals surface area contributed by atoms with Gasteiger partial charge in [0.05, 0.1) is 11.4 Å². The van der Waals surface area contributed by atoms with Crippen molar-refractivity contribution in [3.63, 3.8) is 0 Å². The molecule has 2 N–H and O–H groups in total. The van der Waals surface area contributed by atoms with E-state index in [2.05, 4.69) is 10.6 Å². The highest BCUT2D eigenvalue weighted by molar-refractivity contribution is 6.01. The summed E-state index contributed by atoms with van der Waals surface area (Å²) in [4.78, 5) is 38.1. The Morgan fingerprint density at radius 2 is 1.59 bits per heavy atom. The minimum Gasteiger partial charge on any atom is -0.340 e. The van der Waals surface area contributed by atoms with Gasteiger partial charge >= 0.3 is 0 Å². The number of hydrogen-bond donors (Lipinski definition) is 2. The van der Waals surface area contributed by atoms with Crippen molar-refractivity contribution in [1.82, 2.24) is 14.7 Å². The molecule has 2 aromatic carbocycles. The molecule has 0 bridgehead atoms. The molecular weight excluding hydrogens is 368 g/mol. The van der Waals surface area contributed by atoms with Gasteiger partial charge in [-0.05, 0) is 37.6 Å². The molecule has 0 fully saturated rings. The van der Waals surface area contributed by atoms with E-state index in [9.17, 15) is 14.4 Å².